The Kier molecular flexibility index (Phi) is 5.28. The highest BCUT2D eigenvalue weighted by molar-refractivity contribution is 5.94. The molecule has 1 aliphatic heterocycles. The number of amides is 1. The van der Waals surface area contributed by atoms with E-state index in [9.17, 15) is 9.90 Å². The third-order valence-corrected chi connectivity index (χ3v) is 4.75. The number of aliphatic hydroxyl groups is 1. The van der Waals surface area contributed by atoms with Crippen molar-refractivity contribution in [3.05, 3.63) is 71.3 Å². The van der Waals surface area contributed by atoms with Gasteiger partial charge in [-0.25, -0.2) is 0 Å². The highest BCUT2D eigenvalue weighted by Crippen LogP contribution is 2.28. The van der Waals surface area contributed by atoms with Gasteiger partial charge in [-0.05, 0) is 42.5 Å². The van der Waals surface area contributed by atoms with E-state index in [1.807, 2.05) is 59.5 Å². The second kappa shape index (κ2) is 7.60. The van der Waals surface area contributed by atoms with E-state index >= 15 is 0 Å². The summed E-state index contributed by atoms with van der Waals surface area (Å²) < 4.78 is 0. The molecule has 3 rings (SSSR count). The van der Waals surface area contributed by atoms with Crippen LogP contribution in [-0.2, 0) is 6.54 Å². The van der Waals surface area contributed by atoms with Gasteiger partial charge in [0, 0.05) is 24.7 Å². The minimum atomic E-state index is -0.538. The number of rotatable bonds is 5. The molecule has 1 amide bonds. The summed E-state index contributed by atoms with van der Waals surface area (Å²) >= 11 is 0. The maximum atomic E-state index is 12.8. The fourth-order valence-electron chi connectivity index (χ4n) is 3.37. The molecule has 1 aliphatic rings. The van der Waals surface area contributed by atoms with E-state index in [0.29, 0.717) is 18.5 Å². The summed E-state index contributed by atoms with van der Waals surface area (Å²) in [6, 6.07) is 17.2. The summed E-state index contributed by atoms with van der Waals surface area (Å²) in [6.45, 7) is 1.23. The minimum Gasteiger partial charge on any atom is -0.388 e. The average Bonchev–Trinajstić information content (AvgIpc) is 3.10. The molecule has 0 aliphatic carbocycles. The first-order chi connectivity index (χ1) is 11.7. The van der Waals surface area contributed by atoms with E-state index in [1.165, 1.54) is 0 Å². The Morgan fingerprint density at radius 1 is 1.17 bits per heavy atom. The van der Waals surface area contributed by atoms with E-state index in [2.05, 4.69) is 0 Å². The first kappa shape index (κ1) is 16.7. The number of carbonyl (C=O) groups is 1. The van der Waals surface area contributed by atoms with Crippen LogP contribution in [0, 0.1) is 0 Å². The molecule has 0 radical (unpaired) electrons. The minimum absolute atomic E-state index is 0.0429. The molecule has 24 heavy (non-hydrogen) atoms. The van der Waals surface area contributed by atoms with Crippen molar-refractivity contribution in [2.75, 3.05) is 6.54 Å². The van der Waals surface area contributed by atoms with E-state index in [4.69, 9.17) is 5.73 Å². The summed E-state index contributed by atoms with van der Waals surface area (Å²) in [4.78, 5) is 14.7. The lowest BCUT2D eigenvalue weighted by Gasteiger charge is -2.27. The summed E-state index contributed by atoms with van der Waals surface area (Å²) in [5.74, 6) is 0.0429. The van der Waals surface area contributed by atoms with Crippen molar-refractivity contribution < 1.29 is 9.90 Å². The van der Waals surface area contributed by atoms with Crippen LogP contribution in [0.5, 0.6) is 0 Å². The van der Waals surface area contributed by atoms with Crippen molar-refractivity contribution in [1.82, 2.24) is 4.90 Å². The first-order valence-corrected chi connectivity index (χ1v) is 8.52. The van der Waals surface area contributed by atoms with E-state index in [1.54, 1.807) is 0 Å². The van der Waals surface area contributed by atoms with Crippen LogP contribution in [-0.4, -0.2) is 28.5 Å². The van der Waals surface area contributed by atoms with Gasteiger partial charge in [0.25, 0.3) is 5.91 Å². The SMILES string of the molecule is NCc1ccc(C(=O)N2CCC[C@H]2C[C@@H](O)c2ccccc2)cc1. The third-order valence-electron chi connectivity index (χ3n) is 4.75. The quantitative estimate of drug-likeness (QED) is 0.889. The number of nitrogens with zero attached hydrogens (tertiary/aromatic N) is 1. The highest BCUT2D eigenvalue weighted by atomic mass is 16.3. The van der Waals surface area contributed by atoms with Crippen molar-refractivity contribution in [2.24, 2.45) is 5.73 Å². The Hall–Kier alpha value is -2.17. The van der Waals surface area contributed by atoms with E-state index in [0.717, 1.165) is 30.5 Å². The van der Waals surface area contributed by atoms with Crippen LogP contribution in [0.4, 0.5) is 0 Å². The fourth-order valence-corrected chi connectivity index (χ4v) is 3.37. The molecule has 2 aromatic rings. The van der Waals surface area contributed by atoms with Gasteiger partial charge in [-0.2, -0.15) is 0 Å². The molecule has 0 unspecified atom stereocenters. The summed E-state index contributed by atoms with van der Waals surface area (Å²) in [5.41, 5.74) is 8.22. The lowest BCUT2D eigenvalue weighted by molar-refractivity contribution is 0.0667. The Labute approximate surface area is 142 Å². The lowest BCUT2D eigenvalue weighted by Crippen LogP contribution is -2.36. The van der Waals surface area contributed by atoms with Crippen molar-refractivity contribution in [3.8, 4) is 0 Å². The zero-order chi connectivity index (χ0) is 16.9. The Morgan fingerprint density at radius 3 is 2.54 bits per heavy atom. The zero-order valence-corrected chi connectivity index (χ0v) is 13.8. The highest BCUT2D eigenvalue weighted by Gasteiger charge is 2.31. The smallest absolute Gasteiger partial charge is 0.254 e. The van der Waals surface area contributed by atoms with Gasteiger partial charge in [-0.3, -0.25) is 4.79 Å². The molecule has 1 fully saturated rings. The molecule has 2 atom stereocenters. The first-order valence-electron chi connectivity index (χ1n) is 8.52. The van der Waals surface area contributed by atoms with Gasteiger partial charge in [0.05, 0.1) is 6.10 Å². The maximum Gasteiger partial charge on any atom is 0.254 e. The van der Waals surface area contributed by atoms with Crippen molar-refractivity contribution in [1.29, 1.82) is 0 Å². The summed E-state index contributed by atoms with van der Waals surface area (Å²) in [6.07, 6.45) is 1.97. The molecule has 2 aromatic carbocycles. The van der Waals surface area contributed by atoms with Gasteiger partial charge < -0.3 is 15.7 Å². The molecular formula is C20H24N2O2. The number of aliphatic hydroxyl groups excluding tert-OH is 1. The molecule has 4 heteroatoms. The van der Waals surface area contributed by atoms with Gasteiger partial charge in [0.1, 0.15) is 0 Å². The van der Waals surface area contributed by atoms with Gasteiger partial charge >= 0.3 is 0 Å². The summed E-state index contributed by atoms with van der Waals surface area (Å²) in [5, 5.41) is 10.5. The maximum absolute atomic E-state index is 12.8. The number of nitrogens with two attached hydrogens (primary N) is 1. The second-order valence-electron chi connectivity index (χ2n) is 6.36. The van der Waals surface area contributed by atoms with Crippen LogP contribution in [0.15, 0.2) is 54.6 Å². The Morgan fingerprint density at radius 2 is 1.88 bits per heavy atom. The molecule has 1 heterocycles. The summed E-state index contributed by atoms with van der Waals surface area (Å²) in [7, 11) is 0. The van der Waals surface area contributed by atoms with E-state index < -0.39 is 6.10 Å². The van der Waals surface area contributed by atoms with Gasteiger partial charge in [-0.1, -0.05) is 42.5 Å². The van der Waals surface area contributed by atoms with Crippen LogP contribution in [0.1, 0.15) is 46.9 Å². The van der Waals surface area contributed by atoms with E-state index in [-0.39, 0.29) is 11.9 Å². The molecule has 0 spiro atoms. The van der Waals surface area contributed by atoms with Gasteiger partial charge in [0.15, 0.2) is 0 Å². The second-order valence-corrected chi connectivity index (χ2v) is 6.36. The molecule has 0 aromatic heterocycles. The molecular weight excluding hydrogens is 300 g/mol. The largest absolute Gasteiger partial charge is 0.388 e. The Bertz CT molecular complexity index is 670. The topological polar surface area (TPSA) is 66.6 Å². The van der Waals surface area contributed by atoms with Crippen molar-refractivity contribution >= 4 is 5.91 Å². The van der Waals surface area contributed by atoms with Gasteiger partial charge in [0.2, 0.25) is 0 Å². The van der Waals surface area contributed by atoms with Crippen LogP contribution >= 0.6 is 0 Å². The zero-order valence-electron chi connectivity index (χ0n) is 13.8. The van der Waals surface area contributed by atoms with Crippen molar-refractivity contribution in [3.63, 3.8) is 0 Å². The number of hydrogen-bond donors (Lipinski definition) is 2. The van der Waals surface area contributed by atoms with Crippen LogP contribution < -0.4 is 5.73 Å². The number of carbonyl (C=O) groups excluding carboxylic acids is 1. The standard InChI is InChI=1S/C20H24N2O2/c21-14-15-8-10-17(11-9-15)20(24)22-12-4-7-18(22)13-19(23)16-5-2-1-3-6-16/h1-3,5-6,8-11,18-19,23H,4,7,12-14,21H2/t18-,19+/m0/s1. The number of hydrogen-bond acceptors (Lipinski definition) is 3. The normalized spacial score (nSPS) is 18.6. The molecule has 0 bridgehead atoms. The van der Waals surface area contributed by atoms with Crippen LogP contribution in [0.2, 0.25) is 0 Å². The number of likely N-dealkylation sites (tertiary alicyclic amines) is 1. The monoisotopic (exact) mass is 324 g/mol. The third kappa shape index (κ3) is 3.66. The molecule has 0 saturated carbocycles. The molecule has 3 N–H and O–H groups in total. The fraction of sp³-hybridized carbons (Fsp3) is 0.350. The van der Waals surface area contributed by atoms with Gasteiger partial charge in [-0.15, -0.1) is 0 Å². The number of benzene rings is 2. The molecule has 4 nitrogen and oxygen atoms in total. The molecule has 1 saturated heterocycles. The van der Waals surface area contributed by atoms with Crippen molar-refractivity contribution in [2.45, 2.75) is 38.0 Å². The van der Waals surface area contributed by atoms with Crippen LogP contribution in [0.25, 0.3) is 0 Å². The predicted octanol–water partition coefficient (Wildman–Crippen LogP) is 2.87. The predicted molar refractivity (Wildman–Crippen MR) is 94.4 cm³/mol. The average molecular weight is 324 g/mol. The lowest BCUT2D eigenvalue weighted by atomic mass is 10.00. The van der Waals surface area contributed by atoms with Crippen LogP contribution in [0.3, 0.4) is 0 Å². The Balaban J connectivity index is 1.69. The molecule has 126 valence electrons.